The fraction of sp³-hybridized carbons (Fsp3) is 0.263. The molecule has 0 spiro atoms. The van der Waals surface area contributed by atoms with Gasteiger partial charge in [-0.25, -0.2) is 0 Å². The maximum Gasteiger partial charge on any atom is 0.247 e. The number of hydrogen-bond acceptors (Lipinski definition) is 4. The van der Waals surface area contributed by atoms with E-state index in [-0.39, 0.29) is 0 Å². The Labute approximate surface area is 135 Å². The fourth-order valence-corrected chi connectivity index (χ4v) is 3.07. The molecule has 0 radical (unpaired) electrons. The first-order chi connectivity index (χ1) is 11.3. The van der Waals surface area contributed by atoms with Crippen LogP contribution in [0.2, 0.25) is 0 Å². The average Bonchev–Trinajstić information content (AvgIpc) is 3.04. The van der Waals surface area contributed by atoms with Gasteiger partial charge in [0.1, 0.15) is 0 Å². The van der Waals surface area contributed by atoms with Gasteiger partial charge >= 0.3 is 0 Å². The van der Waals surface area contributed by atoms with Gasteiger partial charge in [-0.05, 0) is 43.5 Å². The van der Waals surface area contributed by atoms with Gasteiger partial charge in [0.15, 0.2) is 0 Å². The van der Waals surface area contributed by atoms with E-state index in [4.69, 9.17) is 4.42 Å². The summed E-state index contributed by atoms with van der Waals surface area (Å²) in [5.41, 5.74) is 4.87. The highest BCUT2D eigenvalue weighted by molar-refractivity contribution is 5.56. The topological polar surface area (TPSA) is 42.2 Å². The van der Waals surface area contributed by atoms with Crippen LogP contribution >= 0.6 is 0 Å². The van der Waals surface area contributed by atoms with E-state index in [0.29, 0.717) is 18.3 Å². The minimum atomic E-state index is 0.588. The number of aryl methyl sites for hydroxylation is 2. The zero-order chi connectivity index (χ0) is 15.6. The smallest absolute Gasteiger partial charge is 0.247 e. The number of nitrogens with zero attached hydrogens (tertiary/aromatic N) is 3. The number of benzene rings is 2. The first-order valence-electron chi connectivity index (χ1n) is 8.02. The zero-order valence-electron chi connectivity index (χ0n) is 13.2. The molecule has 3 aromatic rings. The molecular weight excluding hydrogens is 286 g/mol. The van der Waals surface area contributed by atoms with Crippen molar-refractivity contribution in [1.29, 1.82) is 0 Å². The number of para-hydroxylation sites is 1. The monoisotopic (exact) mass is 305 g/mol. The quantitative estimate of drug-likeness (QED) is 0.733. The lowest BCUT2D eigenvalue weighted by Crippen LogP contribution is -2.28. The Morgan fingerprint density at radius 3 is 2.74 bits per heavy atom. The van der Waals surface area contributed by atoms with Crippen LogP contribution in [0.3, 0.4) is 0 Å². The van der Waals surface area contributed by atoms with E-state index in [1.54, 1.807) is 0 Å². The van der Waals surface area contributed by atoms with Crippen molar-refractivity contribution < 1.29 is 4.42 Å². The first kappa shape index (κ1) is 14.0. The summed E-state index contributed by atoms with van der Waals surface area (Å²) in [6, 6.07) is 16.7. The molecule has 0 saturated heterocycles. The molecule has 0 saturated carbocycles. The van der Waals surface area contributed by atoms with Crippen LogP contribution in [0, 0.1) is 6.92 Å². The highest BCUT2D eigenvalue weighted by atomic mass is 16.4. The molecule has 23 heavy (non-hydrogen) atoms. The van der Waals surface area contributed by atoms with Crippen LogP contribution in [0.25, 0.3) is 11.5 Å². The molecule has 1 aliphatic heterocycles. The third-order valence-corrected chi connectivity index (χ3v) is 4.30. The van der Waals surface area contributed by atoms with Crippen molar-refractivity contribution in [2.45, 2.75) is 26.3 Å². The van der Waals surface area contributed by atoms with Crippen molar-refractivity contribution in [3.63, 3.8) is 0 Å². The molecule has 4 nitrogen and oxygen atoms in total. The summed E-state index contributed by atoms with van der Waals surface area (Å²) in [5.74, 6) is 1.25. The van der Waals surface area contributed by atoms with Crippen LogP contribution in [0.15, 0.2) is 52.9 Å². The number of rotatable bonds is 3. The average molecular weight is 305 g/mol. The van der Waals surface area contributed by atoms with Gasteiger partial charge in [0.25, 0.3) is 0 Å². The Balaban J connectivity index is 1.56. The number of fused-ring (bicyclic) bond motifs is 1. The summed E-state index contributed by atoms with van der Waals surface area (Å²) < 4.78 is 5.86. The van der Waals surface area contributed by atoms with E-state index in [9.17, 15) is 0 Å². The summed E-state index contributed by atoms with van der Waals surface area (Å²) in [6.45, 7) is 3.76. The standard InChI is InChI=1S/C19H19N3O/c1-14-8-10-16(11-9-14)19-21-20-18(23-19)13-22-12-4-6-15-5-2-3-7-17(15)22/h2-3,5,7-11H,4,6,12-13H2,1H3. The summed E-state index contributed by atoms with van der Waals surface area (Å²) in [5, 5.41) is 8.42. The third kappa shape index (κ3) is 2.84. The van der Waals surface area contributed by atoms with Crippen molar-refractivity contribution in [2.24, 2.45) is 0 Å². The van der Waals surface area contributed by atoms with Crippen LogP contribution in [0.1, 0.15) is 23.4 Å². The second-order valence-corrected chi connectivity index (χ2v) is 6.02. The third-order valence-electron chi connectivity index (χ3n) is 4.30. The number of aromatic nitrogens is 2. The summed E-state index contributed by atoms with van der Waals surface area (Å²) in [7, 11) is 0. The molecule has 116 valence electrons. The molecule has 0 unspecified atom stereocenters. The highest BCUT2D eigenvalue weighted by Crippen LogP contribution is 2.28. The van der Waals surface area contributed by atoms with Crippen LogP contribution in [-0.4, -0.2) is 16.7 Å². The molecule has 4 heteroatoms. The van der Waals surface area contributed by atoms with Crippen LogP contribution in [-0.2, 0) is 13.0 Å². The van der Waals surface area contributed by atoms with Gasteiger partial charge in [-0.1, -0.05) is 35.9 Å². The zero-order valence-corrected chi connectivity index (χ0v) is 13.2. The minimum absolute atomic E-state index is 0.588. The molecule has 0 atom stereocenters. The van der Waals surface area contributed by atoms with Crippen LogP contribution < -0.4 is 4.90 Å². The van der Waals surface area contributed by atoms with Gasteiger partial charge in [0, 0.05) is 17.8 Å². The normalized spacial score (nSPS) is 13.9. The first-order valence-corrected chi connectivity index (χ1v) is 8.02. The Morgan fingerprint density at radius 2 is 1.87 bits per heavy atom. The molecule has 0 aliphatic carbocycles. The van der Waals surface area contributed by atoms with Crippen molar-refractivity contribution >= 4 is 5.69 Å². The van der Waals surface area contributed by atoms with Gasteiger partial charge in [0.2, 0.25) is 11.8 Å². The minimum Gasteiger partial charge on any atom is -0.419 e. The molecule has 4 rings (SSSR count). The molecule has 0 amide bonds. The fourth-order valence-electron chi connectivity index (χ4n) is 3.07. The lowest BCUT2D eigenvalue weighted by Gasteiger charge is -2.29. The maximum atomic E-state index is 5.86. The van der Waals surface area contributed by atoms with E-state index in [1.165, 1.54) is 16.8 Å². The van der Waals surface area contributed by atoms with E-state index in [2.05, 4.69) is 58.4 Å². The number of anilines is 1. The van der Waals surface area contributed by atoms with Gasteiger partial charge in [-0.15, -0.1) is 10.2 Å². The molecular formula is C19H19N3O. The van der Waals surface area contributed by atoms with Crippen molar-refractivity contribution in [2.75, 3.05) is 11.4 Å². The molecule has 2 aromatic carbocycles. The van der Waals surface area contributed by atoms with E-state index in [0.717, 1.165) is 24.9 Å². The summed E-state index contributed by atoms with van der Waals surface area (Å²) >= 11 is 0. The van der Waals surface area contributed by atoms with Gasteiger partial charge < -0.3 is 9.32 Å². The lowest BCUT2D eigenvalue weighted by atomic mass is 10.0. The largest absolute Gasteiger partial charge is 0.419 e. The molecule has 1 aliphatic rings. The van der Waals surface area contributed by atoms with Crippen molar-refractivity contribution in [3.05, 3.63) is 65.5 Å². The Morgan fingerprint density at radius 1 is 1.04 bits per heavy atom. The predicted molar refractivity (Wildman–Crippen MR) is 90.3 cm³/mol. The van der Waals surface area contributed by atoms with Crippen LogP contribution in [0.5, 0.6) is 0 Å². The second kappa shape index (κ2) is 5.88. The summed E-state index contributed by atoms with van der Waals surface area (Å²) in [6.07, 6.45) is 2.31. The maximum absolute atomic E-state index is 5.86. The Kier molecular flexibility index (Phi) is 3.58. The molecule has 0 fully saturated rings. The highest BCUT2D eigenvalue weighted by Gasteiger charge is 2.19. The van der Waals surface area contributed by atoms with E-state index >= 15 is 0 Å². The Hall–Kier alpha value is -2.62. The number of hydrogen-bond donors (Lipinski definition) is 0. The van der Waals surface area contributed by atoms with Gasteiger partial charge in [0.05, 0.1) is 6.54 Å². The molecule has 0 N–H and O–H groups in total. The second-order valence-electron chi connectivity index (χ2n) is 6.02. The van der Waals surface area contributed by atoms with Gasteiger partial charge in [-0.2, -0.15) is 0 Å². The Bertz CT molecular complexity index is 807. The molecule has 2 heterocycles. The van der Waals surface area contributed by atoms with Crippen molar-refractivity contribution in [3.8, 4) is 11.5 Å². The van der Waals surface area contributed by atoms with Crippen molar-refractivity contribution in [1.82, 2.24) is 10.2 Å². The predicted octanol–water partition coefficient (Wildman–Crippen LogP) is 4.00. The van der Waals surface area contributed by atoms with Gasteiger partial charge in [-0.3, -0.25) is 0 Å². The molecule has 0 bridgehead atoms. The SMILES string of the molecule is Cc1ccc(-c2nnc(CN3CCCc4ccccc43)o2)cc1. The lowest BCUT2D eigenvalue weighted by molar-refractivity contribution is 0.493. The van der Waals surface area contributed by atoms with E-state index < -0.39 is 0 Å². The molecule has 1 aromatic heterocycles. The van der Waals surface area contributed by atoms with E-state index in [1.807, 2.05) is 12.1 Å². The summed E-state index contributed by atoms with van der Waals surface area (Å²) in [4.78, 5) is 2.32. The van der Waals surface area contributed by atoms with Crippen LogP contribution in [0.4, 0.5) is 5.69 Å².